The van der Waals surface area contributed by atoms with Gasteiger partial charge >= 0.3 is 27.0 Å². The molecule has 7 rings (SSSR count). The first kappa shape index (κ1) is 37.2. The van der Waals surface area contributed by atoms with Crippen LogP contribution in [0.1, 0.15) is 17.4 Å². The number of H-pyrrole nitrogens is 2. The molecular formula is C27H33N9O15P2+2. The molecule has 53 heavy (non-hydrogen) atoms. The number of imidazole rings is 1. The molecule has 0 saturated carbocycles. The Hall–Kier alpha value is -4.13. The molecule has 0 spiro atoms. The summed E-state index contributed by atoms with van der Waals surface area (Å²) >= 11 is 0. The van der Waals surface area contributed by atoms with Crippen LogP contribution in [-0.2, 0) is 38.2 Å². The van der Waals surface area contributed by atoms with Crippen molar-refractivity contribution in [2.45, 2.75) is 63.2 Å². The van der Waals surface area contributed by atoms with E-state index in [-0.39, 0.29) is 28.1 Å². The van der Waals surface area contributed by atoms with Crippen molar-refractivity contribution in [1.82, 2.24) is 34.5 Å². The molecule has 0 bridgehead atoms. The van der Waals surface area contributed by atoms with Crippen LogP contribution in [0.5, 0.6) is 0 Å². The summed E-state index contributed by atoms with van der Waals surface area (Å²) in [6.45, 7) is 1.37. The number of nitrogens with zero attached hydrogens (tertiary/aromatic N) is 6. The first-order chi connectivity index (χ1) is 25.0. The minimum absolute atomic E-state index is 0.0623. The van der Waals surface area contributed by atoms with Gasteiger partial charge in [0.15, 0.2) is 29.3 Å². The van der Waals surface area contributed by atoms with Crippen LogP contribution in [-0.4, -0.2) is 115 Å². The highest BCUT2D eigenvalue weighted by atomic mass is 31.3. The van der Waals surface area contributed by atoms with Crippen molar-refractivity contribution in [1.29, 1.82) is 0 Å². The highest BCUT2D eigenvalue weighted by Gasteiger charge is 2.74. The molecule has 26 heteroatoms. The number of nitrogen functional groups attached to an aromatic ring is 1. The lowest BCUT2D eigenvalue weighted by Gasteiger charge is -2.23. The second-order valence-corrected chi connectivity index (χ2v) is 15.7. The normalized spacial score (nSPS) is 26.3. The number of rotatable bonds is 12. The van der Waals surface area contributed by atoms with E-state index in [1.54, 1.807) is 23.4 Å². The van der Waals surface area contributed by atoms with Gasteiger partial charge in [-0.3, -0.25) is 18.9 Å². The number of phosphoric ester groups is 1. The van der Waals surface area contributed by atoms with Crippen LogP contribution in [0.15, 0.2) is 34.4 Å². The second kappa shape index (κ2) is 13.6. The van der Waals surface area contributed by atoms with E-state index in [9.17, 15) is 49.1 Å². The summed E-state index contributed by atoms with van der Waals surface area (Å²) in [6.07, 6.45) is -9.16. The van der Waals surface area contributed by atoms with Crippen LogP contribution < -0.4 is 21.5 Å². The fourth-order valence-corrected chi connectivity index (χ4v) is 8.50. The average Bonchev–Trinajstić information content (AvgIpc) is 3.37. The maximum atomic E-state index is 12.9. The highest BCUT2D eigenvalue weighted by molar-refractivity contribution is 7.64. The van der Waals surface area contributed by atoms with Gasteiger partial charge in [-0.05, 0) is 37.1 Å². The maximum Gasteiger partial charge on any atom is 0.751 e. The summed E-state index contributed by atoms with van der Waals surface area (Å²) in [5.41, 5.74) is 6.57. The fourth-order valence-electron chi connectivity index (χ4n) is 5.82. The van der Waals surface area contributed by atoms with Gasteiger partial charge in [-0.25, -0.2) is 33.9 Å². The second-order valence-electron chi connectivity index (χ2n) is 12.4. The summed E-state index contributed by atoms with van der Waals surface area (Å²) in [4.78, 5) is 55.7. The van der Waals surface area contributed by atoms with Gasteiger partial charge in [0.2, 0.25) is 12.1 Å². The van der Waals surface area contributed by atoms with E-state index in [0.29, 0.717) is 11.0 Å². The molecule has 24 nitrogen and oxygen atoms in total. The molecule has 4 aromatic heterocycles. The van der Waals surface area contributed by atoms with Crippen molar-refractivity contribution >= 4 is 54.8 Å². The topological polar surface area (TPSA) is 351 Å². The smallest absolute Gasteiger partial charge is 0.388 e. The first-order valence-corrected chi connectivity index (χ1v) is 18.6. The lowest BCUT2D eigenvalue weighted by molar-refractivity contribution is -0.657. The van der Waals surface area contributed by atoms with E-state index < -0.39 is 89.5 Å². The first-order valence-electron chi connectivity index (χ1n) is 15.6. The van der Waals surface area contributed by atoms with Gasteiger partial charge in [-0.1, -0.05) is 0 Å². The van der Waals surface area contributed by atoms with Crippen molar-refractivity contribution in [3.8, 4) is 0 Å². The number of nitrogens with one attached hydrogen (secondary N) is 2. The largest absolute Gasteiger partial charge is 0.751 e. The molecule has 1 unspecified atom stereocenters. The van der Waals surface area contributed by atoms with Crippen molar-refractivity contribution in [3.63, 3.8) is 0 Å². The fraction of sp³-hybridized carbons (Fsp3) is 0.444. The molecule has 2 saturated heterocycles. The van der Waals surface area contributed by atoms with Crippen LogP contribution in [0.2, 0.25) is 0 Å². The Balaban J connectivity index is 0.976. The Kier molecular flexibility index (Phi) is 9.56. The number of aliphatic hydroxyl groups is 5. The van der Waals surface area contributed by atoms with Gasteiger partial charge in [0.25, 0.3) is 5.56 Å². The zero-order chi connectivity index (χ0) is 38.1. The number of hydrogen-bond acceptors (Lipinski definition) is 18. The number of aryl methyl sites for hydroxylation is 2. The summed E-state index contributed by atoms with van der Waals surface area (Å²) < 4.78 is 49.7. The van der Waals surface area contributed by atoms with Gasteiger partial charge in [-0.15, -0.1) is 8.62 Å². The third-order valence-corrected chi connectivity index (χ3v) is 11.8. The van der Waals surface area contributed by atoms with E-state index in [4.69, 9.17) is 19.7 Å². The number of benzene rings is 1. The van der Waals surface area contributed by atoms with Crippen LogP contribution in [0.25, 0.3) is 33.4 Å². The Morgan fingerprint density at radius 1 is 1.09 bits per heavy atom. The molecule has 2 aliphatic rings. The van der Waals surface area contributed by atoms with Gasteiger partial charge < -0.3 is 40.9 Å². The SMILES string of the molecule is Cc1cc2nc3c(=O)[nH]c(=O)[nH]c3[n+](C[C@H](O)[C@H](O)[C@H](O)COP(=O)(O)O[P@@]3(=O)O[O+]3C[C@H]3O[C@@H](n4cnc5c(N)ncnc54)[C@H](O)[C@@H]3O)c2cc1C. The third-order valence-electron chi connectivity index (χ3n) is 8.76. The molecular weight excluding hydrogens is 752 g/mol. The van der Waals surface area contributed by atoms with Gasteiger partial charge in [0.05, 0.1) is 17.6 Å². The quantitative estimate of drug-likeness (QED) is 0.0158. The number of nitrogens with two attached hydrogens (primary N) is 1. The summed E-state index contributed by atoms with van der Waals surface area (Å²) in [7, 11) is -9.87. The maximum absolute atomic E-state index is 12.9. The molecule has 10 N–H and O–H groups in total. The Bertz CT molecular complexity index is 2460. The number of aliphatic hydroxyl groups excluding tert-OH is 5. The molecule has 1 aromatic carbocycles. The number of aromatic amines is 2. The molecule has 6 heterocycles. The van der Waals surface area contributed by atoms with E-state index in [0.717, 1.165) is 17.5 Å². The number of hydrogen-bond donors (Lipinski definition) is 9. The van der Waals surface area contributed by atoms with E-state index in [1.807, 2.05) is 6.92 Å². The zero-order valence-corrected chi connectivity index (χ0v) is 29.3. The summed E-state index contributed by atoms with van der Waals surface area (Å²) in [5.74, 6) is 0.0623. The van der Waals surface area contributed by atoms with Crippen molar-refractivity contribution in [2.24, 2.45) is 0 Å². The molecule has 2 fully saturated rings. The molecule has 2 aliphatic heterocycles. The minimum Gasteiger partial charge on any atom is -0.388 e. The molecule has 0 amide bonds. The number of ether oxygens (including phenoxy) is 1. The zero-order valence-electron chi connectivity index (χ0n) is 27.5. The van der Waals surface area contributed by atoms with E-state index in [1.165, 1.54) is 15.5 Å². The van der Waals surface area contributed by atoms with Gasteiger partial charge in [0.1, 0.15) is 54.4 Å². The Morgan fingerprint density at radius 3 is 2.58 bits per heavy atom. The Morgan fingerprint density at radius 2 is 1.83 bits per heavy atom. The number of anilines is 1. The molecule has 0 radical (unpaired) electrons. The third kappa shape index (κ3) is 7.01. The average molecular weight is 786 g/mol. The lowest BCUT2D eigenvalue weighted by Crippen LogP contribution is -2.51. The summed E-state index contributed by atoms with van der Waals surface area (Å²) in [6, 6.07) is 3.37. The molecule has 5 aromatic rings. The van der Waals surface area contributed by atoms with Crippen molar-refractivity contribution in [3.05, 3.63) is 56.8 Å². The standard InChI is InChI=1S/C27H31N9O15P2/c1-10-3-12-13(4-11(10)2)35(24-18(32-12)25(42)34-27(43)33-24)5-14(37)19(39)15(38)6-47-52(44,45)50-53(46)49-51(53)7-16-20(40)21(41)26(48-16)36-9-31-17-22(28)29-8-30-23(17)36/h3-4,8-9,14-16,19-21,26,37-41H,5-7H2,1-2H3,(H3-,28,29,30,34,42,43,44,45)/p+2/t14-,15+,16+,19-,20+,21+,26+,53+/m0/s1. The monoisotopic (exact) mass is 785 g/mol. The van der Waals surface area contributed by atoms with E-state index in [2.05, 4.69) is 34.2 Å². The lowest BCUT2D eigenvalue weighted by atomic mass is 10.1. The van der Waals surface area contributed by atoms with Crippen LogP contribution >= 0.6 is 15.6 Å². The van der Waals surface area contributed by atoms with Crippen LogP contribution in [0.3, 0.4) is 0 Å². The van der Waals surface area contributed by atoms with Crippen molar-refractivity contribution < 1.29 is 66.7 Å². The predicted octanol–water partition coefficient (Wildman–Crippen LogP) is -2.47. The van der Waals surface area contributed by atoms with Gasteiger partial charge in [0, 0.05) is 0 Å². The van der Waals surface area contributed by atoms with E-state index >= 15 is 0 Å². The highest BCUT2D eigenvalue weighted by Crippen LogP contribution is 2.79. The molecule has 284 valence electrons. The van der Waals surface area contributed by atoms with Crippen LogP contribution in [0, 0.1) is 13.8 Å². The summed E-state index contributed by atoms with van der Waals surface area (Å²) in [5, 5.41) is 53.4. The Labute approximate surface area is 294 Å². The number of aromatic nitrogens is 8. The van der Waals surface area contributed by atoms with Gasteiger partial charge in [-0.2, -0.15) is 9.55 Å². The number of phosphoric acid groups is 1. The van der Waals surface area contributed by atoms with Crippen molar-refractivity contribution in [2.75, 3.05) is 18.9 Å². The molecule has 0 aliphatic carbocycles. The number of fused-ring (bicyclic) bond motifs is 3. The minimum atomic E-state index is -5.31. The van der Waals surface area contributed by atoms with Crippen LogP contribution in [0.4, 0.5) is 5.82 Å². The predicted molar refractivity (Wildman–Crippen MR) is 175 cm³/mol. The molecule has 9 atom stereocenters.